The number of thioether (sulfide) groups is 1. The van der Waals surface area contributed by atoms with Gasteiger partial charge in [0.15, 0.2) is 0 Å². The Morgan fingerprint density at radius 3 is 2.93 bits per heavy atom. The van der Waals surface area contributed by atoms with Crippen molar-refractivity contribution in [3.8, 4) is 5.88 Å². The minimum Gasteiger partial charge on any atom is -0.473 e. The summed E-state index contributed by atoms with van der Waals surface area (Å²) >= 11 is 7.72. The minimum atomic E-state index is -0.450. The van der Waals surface area contributed by atoms with E-state index in [4.69, 9.17) is 21.1 Å². The van der Waals surface area contributed by atoms with E-state index in [2.05, 4.69) is 10.3 Å². The van der Waals surface area contributed by atoms with Crippen LogP contribution in [-0.2, 0) is 4.74 Å². The molecular formula is C20H20ClN3O4S. The van der Waals surface area contributed by atoms with Crippen LogP contribution in [0.4, 0.5) is 10.5 Å². The number of anilines is 1. The standard InChI is InChI=1S/C20H20ClN3O4S/c21-13-3-5-14(6-4-13)24-11-16(28-20(24)26)10-23-18(25)17-2-1-8-22-19(17)27-15-7-9-29-12-15/h1-6,8,15-16H,7,9-12H2,(H,23,25). The zero-order valence-corrected chi connectivity index (χ0v) is 17.1. The molecule has 0 spiro atoms. The topological polar surface area (TPSA) is 80.8 Å². The highest BCUT2D eigenvalue weighted by Crippen LogP contribution is 2.25. The number of ether oxygens (including phenoxy) is 2. The van der Waals surface area contributed by atoms with E-state index in [0.29, 0.717) is 28.7 Å². The summed E-state index contributed by atoms with van der Waals surface area (Å²) in [7, 11) is 0. The molecule has 2 saturated heterocycles. The number of carbonyl (C=O) groups excluding carboxylic acids is 2. The lowest BCUT2D eigenvalue weighted by Crippen LogP contribution is -2.35. The first-order valence-corrected chi connectivity index (χ1v) is 10.8. The molecule has 1 aromatic heterocycles. The second kappa shape index (κ2) is 8.92. The van der Waals surface area contributed by atoms with E-state index in [9.17, 15) is 9.59 Å². The van der Waals surface area contributed by atoms with E-state index in [1.807, 2.05) is 11.8 Å². The first kappa shape index (κ1) is 19.8. The van der Waals surface area contributed by atoms with E-state index in [1.54, 1.807) is 42.6 Å². The maximum absolute atomic E-state index is 12.7. The lowest BCUT2D eigenvalue weighted by atomic mass is 10.2. The average molecular weight is 434 g/mol. The Labute approximate surface area is 177 Å². The van der Waals surface area contributed by atoms with E-state index >= 15 is 0 Å². The van der Waals surface area contributed by atoms with E-state index in [0.717, 1.165) is 17.9 Å². The Hall–Kier alpha value is -2.45. The van der Waals surface area contributed by atoms with Gasteiger partial charge in [0.2, 0.25) is 5.88 Å². The van der Waals surface area contributed by atoms with Gasteiger partial charge >= 0.3 is 6.09 Å². The summed E-state index contributed by atoms with van der Waals surface area (Å²) in [5.74, 6) is 1.98. The fourth-order valence-electron chi connectivity index (χ4n) is 3.18. The van der Waals surface area contributed by atoms with Crippen LogP contribution in [0.25, 0.3) is 0 Å². The molecule has 0 bridgehead atoms. The maximum atomic E-state index is 12.7. The molecule has 0 saturated carbocycles. The van der Waals surface area contributed by atoms with E-state index in [1.165, 1.54) is 4.90 Å². The number of pyridine rings is 1. The van der Waals surface area contributed by atoms with Crippen LogP contribution in [-0.4, -0.2) is 53.8 Å². The molecule has 4 rings (SSSR count). The summed E-state index contributed by atoms with van der Waals surface area (Å²) in [6.07, 6.45) is 1.73. The third-order valence-corrected chi connectivity index (χ3v) is 6.07. The number of aromatic nitrogens is 1. The van der Waals surface area contributed by atoms with Crippen LogP contribution in [0.1, 0.15) is 16.8 Å². The highest BCUT2D eigenvalue weighted by Gasteiger charge is 2.32. The summed E-state index contributed by atoms with van der Waals surface area (Å²) in [4.78, 5) is 30.6. The van der Waals surface area contributed by atoms with Gasteiger partial charge in [0.05, 0.1) is 13.1 Å². The Morgan fingerprint density at radius 1 is 1.34 bits per heavy atom. The third-order valence-electron chi connectivity index (χ3n) is 4.68. The normalized spacial score (nSPS) is 21.1. The quantitative estimate of drug-likeness (QED) is 0.752. The number of nitrogens with zero attached hydrogens (tertiary/aromatic N) is 2. The van der Waals surface area contributed by atoms with Crippen molar-refractivity contribution in [2.75, 3.05) is 29.5 Å². The van der Waals surface area contributed by atoms with Gasteiger partial charge in [-0.1, -0.05) is 11.6 Å². The Morgan fingerprint density at radius 2 is 2.17 bits per heavy atom. The van der Waals surface area contributed by atoms with Crippen molar-refractivity contribution in [2.24, 2.45) is 0 Å². The fourth-order valence-corrected chi connectivity index (χ4v) is 4.40. The number of hydrogen-bond donors (Lipinski definition) is 1. The highest BCUT2D eigenvalue weighted by molar-refractivity contribution is 7.99. The van der Waals surface area contributed by atoms with Gasteiger partial charge in [-0.05, 0) is 48.6 Å². The first-order chi connectivity index (χ1) is 14.1. The van der Waals surface area contributed by atoms with Crippen molar-refractivity contribution in [1.82, 2.24) is 10.3 Å². The number of carbonyl (C=O) groups is 2. The summed E-state index contributed by atoms with van der Waals surface area (Å²) in [6, 6.07) is 10.3. The Balaban J connectivity index is 1.35. The molecule has 1 N–H and O–H groups in total. The zero-order chi connectivity index (χ0) is 20.2. The van der Waals surface area contributed by atoms with Crippen LogP contribution >= 0.6 is 23.4 Å². The Kier molecular flexibility index (Phi) is 6.10. The van der Waals surface area contributed by atoms with Gasteiger partial charge in [-0.3, -0.25) is 9.69 Å². The summed E-state index contributed by atoms with van der Waals surface area (Å²) in [6.45, 7) is 0.540. The van der Waals surface area contributed by atoms with Crippen LogP contribution in [0.2, 0.25) is 5.02 Å². The number of benzene rings is 1. The summed E-state index contributed by atoms with van der Waals surface area (Å²) < 4.78 is 11.3. The van der Waals surface area contributed by atoms with Gasteiger partial charge in [0, 0.05) is 22.7 Å². The van der Waals surface area contributed by atoms with Crippen LogP contribution in [0.15, 0.2) is 42.6 Å². The average Bonchev–Trinajstić information content (AvgIpc) is 3.37. The molecule has 152 valence electrons. The van der Waals surface area contributed by atoms with Crippen LogP contribution in [0, 0.1) is 0 Å². The molecule has 2 amide bonds. The van der Waals surface area contributed by atoms with E-state index in [-0.39, 0.29) is 18.6 Å². The lowest BCUT2D eigenvalue weighted by molar-refractivity contribution is 0.0908. The molecule has 2 aliphatic rings. The van der Waals surface area contributed by atoms with Crippen molar-refractivity contribution >= 4 is 41.1 Å². The van der Waals surface area contributed by atoms with Crippen molar-refractivity contribution < 1.29 is 19.1 Å². The predicted octanol–water partition coefficient (Wildman–Crippen LogP) is 3.37. The van der Waals surface area contributed by atoms with Crippen molar-refractivity contribution in [3.05, 3.63) is 53.2 Å². The molecule has 2 fully saturated rings. The molecule has 29 heavy (non-hydrogen) atoms. The largest absolute Gasteiger partial charge is 0.473 e. The molecule has 2 atom stereocenters. The van der Waals surface area contributed by atoms with Gasteiger partial charge in [-0.25, -0.2) is 9.78 Å². The highest BCUT2D eigenvalue weighted by atomic mass is 35.5. The van der Waals surface area contributed by atoms with Crippen LogP contribution in [0.3, 0.4) is 0 Å². The number of nitrogens with one attached hydrogen (secondary N) is 1. The smallest absolute Gasteiger partial charge is 0.414 e. The molecule has 2 unspecified atom stereocenters. The van der Waals surface area contributed by atoms with Gasteiger partial charge < -0.3 is 14.8 Å². The summed E-state index contributed by atoms with van der Waals surface area (Å²) in [5, 5.41) is 3.41. The number of amides is 2. The molecule has 9 heteroatoms. The molecule has 7 nitrogen and oxygen atoms in total. The molecule has 2 aromatic rings. The number of hydrogen-bond acceptors (Lipinski definition) is 6. The fraction of sp³-hybridized carbons (Fsp3) is 0.350. The van der Waals surface area contributed by atoms with Gasteiger partial charge in [-0.15, -0.1) is 0 Å². The van der Waals surface area contributed by atoms with Crippen molar-refractivity contribution in [1.29, 1.82) is 0 Å². The molecule has 0 radical (unpaired) electrons. The molecule has 3 heterocycles. The SMILES string of the molecule is O=C(NCC1CN(c2ccc(Cl)cc2)C(=O)O1)c1cccnc1OC1CCSC1. The third kappa shape index (κ3) is 4.76. The number of halogens is 1. The van der Waals surface area contributed by atoms with Gasteiger partial charge in [-0.2, -0.15) is 11.8 Å². The van der Waals surface area contributed by atoms with Crippen molar-refractivity contribution in [2.45, 2.75) is 18.6 Å². The predicted molar refractivity (Wildman–Crippen MR) is 112 cm³/mol. The molecule has 0 aliphatic carbocycles. The second-order valence-corrected chi connectivity index (χ2v) is 8.35. The lowest BCUT2D eigenvalue weighted by Gasteiger charge is -2.15. The van der Waals surface area contributed by atoms with Crippen LogP contribution < -0.4 is 15.0 Å². The number of cyclic esters (lactones) is 1. The van der Waals surface area contributed by atoms with Gasteiger partial charge in [0.1, 0.15) is 17.8 Å². The monoisotopic (exact) mass is 433 g/mol. The molecule has 1 aromatic carbocycles. The summed E-state index contributed by atoms with van der Waals surface area (Å²) in [5.41, 5.74) is 1.08. The zero-order valence-electron chi connectivity index (χ0n) is 15.5. The van der Waals surface area contributed by atoms with E-state index < -0.39 is 12.2 Å². The van der Waals surface area contributed by atoms with Crippen LogP contribution in [0.5, 0.6) is 5.88 Å². The van der Waals surface area contributed by atoms with Crippen molar-refractivity contribution in [3.63, 3.8) is 0 Å². The first-order valence-electron chi connectivity index (χ1n) is 9.31. The Bertz CT molecular complexity index is 890. The molecule has 2 aliphatic heterocycles. The maximum Gasteiger partial charge on any atom is 0.414 e. The minimum absolute atomic E-state index is 0.0742. The van der Waals surface area contributed by atoms with Gasteiger partial charge in [0.25, 0.3) is 5.91 Å². The number of rotatable bonds is 6. The second-order valence-electron chi connectivity index (χ2n) is 6.76. The molecular weight excluding hydrogens is 414 g/mol.